The molecule has 0 amide bonds. The van der Waals surface area contributed by atoms with Crippen LogP contribution in [0.15, 0.2) is 24.5 Å². The third-order valence-corrected chi connectivity index (χ3v) is 6.08. The van der Waals surface area contributed by atoms with Crippen molar-refractivity contribution in [2.45, 2.75) is 30.8 Å². The molecule has 2 N–H and O–H groups in total. The second-order valence-electron chi connectivity index (χ2n) is 5.87. The monoisotopic (exact) mass is 393 g/mol. The maximum absolute atomic E-state index is 4.73. The summed E-state index contributed by atoms with van der Waals surface area (Å²) in [5, 5.41) is 14.2. The highest BCUT2D eigenvalue weighted by Gasteiger charge is 2.38. The molecule has 0 aromatic carbocycles. The summed E-state index contributed by atoms with van der Waals surface area (Å²) in [6.45, 7) is 4.41. The lowest BCUT2D eigenvalue weighted by atomic mass is 10.00. The Hall–Kier alpha value is -1.42. The number of fused-ring (bicyclic) bond motifs is 1. The number of aromatic nitrogens is 5. The largest absolute Gasteiger partial charge is 0.265 e. The molecule has 3 aromatic heterocycles. The van der Waals surface area contributed by atoms with E-state index in [4.69, 9.17) is 5.10 Å². The summed E-state index contributed by atoms with van der Waals surface area (Å²) in [6, 6.07) is 4.29. The average Bonchev–Trinajstić information content (AvgIpc) is 3.21. The first-order valence-corrected chi connectivity index (χ1v) is 9.16. The van der Waals surface area contributed by atoms with Crippen LogP contribution in [-0.2, 0) is 0 Å². The van der Waals surface area contributed by atoms with Gasteiger partial charge in [-0.25, -0.2) is 5.43 Å². The standard InChI is InChI=1S/C14H16BrN7S/c1-7(2)10-9(15)11(18-17-10)13-21-22-12(19-20-14(22)23-13)8-3-5-16-6-4-8/h3-7,9-11,17-18H,1-2H3. The van der Waals surface area contributed by atoms with Crippen LogP contribution in [-0.4, -0.2) is 35.7 Å². The fraction of sp³-hybridized carbons (Fsp3) is 0.429. The van der Waals surface area contributed by atoms with Gasteiger partial charge in [0.1, 0.15) is 5.01 Å². The molecule has 1 aliphatic rings. The number of rotatable bonds is 3. The van der Waals surface area contributed by atoms with E-state index in [9.17, 15) is 0 Å². The van der Waals surface area contributed by atoms with Crippen LogP contribution in [0.4, 0.5) is 0 Å². The Morgan fingerprint density at radius 1 is 1.22 bits per heavy atom. The van der Waals surface area contributed by atoms with Crippen molar-refractivity contribution >= 4 is 32.2 Å². The van der Waals surface area contributed by atoms with Gasteiger partial charge in [0.25, 0.3) is 0 Å². The lowest BCUT2D eigenvalue weighted by Gasteiger charge is -2.18. The lowest BCUT2D eigenvalue weighted by molar-refractivity contribution is 0.437. The molecular weight excluding hydrogens is 378 g/mol. The molecule has 1 fully saturated rings. The van der Waals surface area contributed by atoms with Gasteiger partial charge >= 0.3 is 0 Å². The highest BCUT2D eigenvalue weighted by atomic mass is 79.9. The molecule has 3 aromatic rings. The zero-order valence-electron chi connectivity index (χ0n) is 12.6. The molecule has 7 nitrogen and oxygen atoms in total. The normalized spacial score (nSPS) is 24.8. The van der Waals surface area contributed by atoms with E-state index in [-0.39, 0.29) is 10.9 Å². The molecule has 3 unspecified atom stereocenters. The lowest BCUT2D eigenvalue weighted by Crippen LogP contribution is -2.36. The number of hydrogen-bond acceptors (Lipinski definition) is 7. The van der Waals surface area contributed by atoms with Crippen LogP contribution < -0.4 is 10.9 Å². The number of hydrazine groups is 1. The highest BCUT2D eigenvalue weighted by Crippen LogP contribution is 2.34. The van der Waals surface area contributed by atoms with Gasteiger partial charge in [0.05, 0.1) is 10.9 Å². The summed E-state index contributed by atoms with van der Waals surface area (Å²) < 4.78 is 1.80. The Morgan fingerprint density at radius 3 is 2.70 bits per heavy atom. The number of alkyl halides is 1. The minimum atomic E-state index is 0.111. The van der Waals surface area contributed by atoms with E-state index in [0.29, 0.717) is 12.0 Å². The number of nitrogens with one attached hydrogen (secondary N) is 2. The third-order valence-electron chi connectivity index (χ3n) is 4.00. The molecule has 0 saturated carbocycles. The molecule has 23 heavy (non-hydrogen) atoms. The van der Waals surface area contributed by atoms with E-state index >= 15 is 0 Å². The van der Waals surface area contributed by atoms with Gasteiger partial charge in [-0.15, -0.1) is 10.2 Å². The molecule has 4 heterocycles. The van der Waals surface area contributed by atoms with Crippen molar-refractivity contribution < 1.29 is 0 Å². The van der Waals surface area contributed by atoms with Crippen LogP contribution in [0, 0.1) is 5.92 Å². The van der Waals surface area contributed by atoms with Crippen LogP contribution in [0.25, 0.3) is 16.3 Å². The van der Waals surface area contributed by atoms with Gasteiger partial charge in [-0.1, -0.05) is 41.1 Å². The number of halogens is 1. The predicted molar refractivity (Wildman–Crippen MR) is 92.2 cm³/mol. The van der Waals surface area contributed by atoms with Crippen LogP contribution in [0.5, 0.6) is 0 Å². The zero-order chi connectivity index (χ0) is 16.0. The van der Waals surface area contributed by atoms with E-state index in [2.05, 4.69) is 55.8 Å². The van der Waals surface area contributed by atoms with E-state index < -0.39 is 0 Å². The van der Waals surface area contributed by atoms with Crippen molar-refractivity contribution in [1.29, 1.82) is 0 Å². The van der Waals surface area contributed by atoms with Crippen molar-refractivity contribution in [2.24, 2.45) is 5.92 Å². The van der Waals surface area contributed by atoms with Crippen molar-refractivity contribution in [3.8, 4) is 11.4 Å². The van der Waals surface area contributed by atoms with Crippen molar-refractivity contribution in [2.75, 3.05) is 0 Å². The van der Waals surface area contributed by atoms with Crippen LogP contribution in [0.1, 0.15) is 24.9 Å². The van der Waals surface area contributed by atoms with Gasteiger partial charge in [0.2, 0.25) is 4.96 Å². The van der Waals surface area contributed by atoms with Gasteiger partial charge in [0, 0.05) is 24.0 Å². The molecular formula is C14H16BrN7S. The summed E-state index contributed by atoms with van der Waals surface area (Å²) in [6.07, 6.45) is 3.49. The van der Waals surface area contributed by atoms with E-state index in [1.165, 1.54) is 0 Å². The van der Waals surface area contributed by atoms with Crippen LogP contribution in [0.3, 0.4) is 0 Å². The van der Waals surface area contributed by atoms with Gasteiger partial charge < -0.3 is 0 Å². The summed E-state index contributed by atoms with van der Waals surface area (Å²) in [5.74, 6) is 1.26. The molecule has 0 spiro atoms. The van der Waals surface area contributed by atoms with E-state index in [1.54, 1.807) is 28.2 Å². The Labute approximate surface area is 145 Å². The first-order chi connectivity index (χ1) is 11.1. The maximum Gasteiger partial charge on any atom is 0.235 e. The molecule has 120 valence electrons. The third kappa shape index (κ3) is 2.57. The highest BCUT2D eigenvalue weighted by molar-refractivity contribution is 9.09. The molecule has 0 aliphatic carbocycles. The predicted octanol–water partition coefficient (Wildman–Crippen LogP) is 2.18. The minimum Gasteiger partial charge on any atom is -0.265 e. The molecule has 0 bridgehead atoms. The maximum atomic E-state index is 4.73. The van der Waals surface area contributed by atoms with Gasteiger partial charge in [-0.2, -0.15) is 9.61 Å². The minimum absolute atomic E-state index is 0.111. The second kappa shape index (κ2) is 5.90. The van der Waals surface area contributed by atoms with Crippen molar-refractivity contribution in [1.82, 2.24) is 35.6 Å². The van der Waals surface area contributed by atoms with Gasteiger partial charge in [0.15, 0.2) is 5.82 Å². The Kier molecular flexibility index (Phi) is 3.88. The van der Waals surface area contributed by atoms with Crippen molar-refractivity contribution in [3.63, 3.8) is 0 Å². The number of hydrogen-bond donors (Lipinski definition) is 2. The molecule has 1 saturated heterocycles. The van der Waals surface area contributed by atoms with Crippen LogP contribution in [0.2, 0.25) is 0 Å². The molecule has 3 atom stereocenters. The number of nitrogens with zero attached hydrogens (tertiary/aromatic N) is 5. The van der Waals surface area contributed by atoms with Gasteiger partial charge in [-0.05, 0) is 18.1 Å². The summed E-state index contributed by atoms with van der Waals surface area (Å²) in [7, 11) is 0. The van der Waals surface area contributed by atoms with Gasteiger partial charge in [-0.3, -0.25) is 10.4 Å². The number of pyridine rings is 1. The van der Waals surface area contributed by atoms with E-state index in [0.717, 1.165) is 21.4 Å². The molecule has 1 aliphatic heterocycles. The first-order valence-electron chi connectivity index (χ1n) is 7.43. The fourth-order valence-electron chi connectivity index (χ4n) is 2.72. The summed E-state index contributed by atoms with van der Waals surface area (Å²) >= 11 is 5.36. The zero-order valence-corrected chi connectivity index (χ0v) is 15.0. The summed E-state index contributed by atoms with van der Waals surface area (Å²) in [5.41, 5.74) is 7.65. The topological polar surface area (TPSA) is 80.0 Å². The quantitative estimate of drug-likeness (QED) is 0.663. The fourth-order valence-corrected chi connectivity index (χ4v) is 4.96. The average molecular weight is 394 g/mol. The molecule has 0 radical (unpaired) electrons. The Bertz CT molecular complexity index is 815. The SMILES string of the molecule is CC(C)C1NNC(c2nn3c(-c4ccncc4)nnc3s2)C1Br. The van der Waals surface area contributed by atoms with Crippen LogP contribution >= 0.6 is 27.3 Å². The second-order valence-corrected chi connectivity index (χ2v) is 7.92. The smallest absolute Gasteiger partial charge is 0.235 e. The molecule has 9 heteroatoms. The van der Waals surface area contributed by atoms with Crippen molar-refractivity contribution in [3.05, 3.63) is 29.5 Å². The first kappa shape index (κ1) is 15.1. The van der Waals surface area contributed by atoms with E-state index in [1.807, 2.05) is 12.1 Å². The Morgan fingerprint density at radius 2 is 2.00 bits per heavy atom. The summed E-state index contributed by atoms with van der Waals surface area (Å²) in [4.78, 5) is 5.11. The Balaban J connectivity index is 1.70. The molecule has 4 rings (SSSR count).